The van der Waals surface area contributed by atoms with Gasteiger partial charge in [-0.3, -0.25) is 9.69 Å². The molecule has 132 valence electrons. The van der Waals surface area contributed by atoms with Gasteiger partial charge in [0.25, 0.3) is 0 Å². The Morgan fingerprint density at radius 1 is 1.00 bits per heavy atom. The lowest BCUT2D eigenvalue weighted by molar-refractivity contribution is -0.122. The highest BCUT2D eigenvalue weighted by Crippen LogP contribution is 2.13. The van der Waals surface area contributed by atoms with Gasteiger partial charge in [0.05, 0.1) is 13.1 Å². The van der Waals surface area contributed by atoms with E-state index < -0.39 is 0 Å². The molecule has 1 N–H and O–H groups in total. The van der Waals surface area contributed by atoms with E-state index in [0.717, 1.165) is 39.0 Å². The number of carbonyl (C=O) groups is 2. The number of nitrogens with one attached hydrogen (secondary N) is 1. The molecule has 24 heavy (non-hydrogen) atoms. The van der Waals surface area contributed by atoms with E-state index in [1.165, 1.54) is 11.3 Å². The molecule has 7 heteroatoms. The predicted molar refractivity (Wildman–Crippen MR) is 95.0 cm³/mol. The standard InChI is InChI=1S/C17H26N4O2S/c22-16(18-13-15-5-4-12-24-15)14-19-8-10-21(11-9-19)17(23)20-6-2-1-3-7-20/h4-5,12H,1-3,6-11,13-14H2,(H,18,22). The second-order valence-electron chi connectivity index (χ2n) is 6.45. The summed E-state index contributed by atoms with van der Waals surface area (Å²) in [6.45, 7) is 5.77. The fraction of sp³-hybridized carbons (Fsp3) is 0.647. The van der Waals surface area contributed by atoms with Crippen molar-refractivity contribution < 1.29 is 9.59 Å². The van der Waals surface area contributed by atoms with Crippen molar-refractivity contribution in [3.8, 4) is 0 Å². The van der Waals surface area contributed by atoms with Crippen LogP contribution in [0, 0.1) is 0 Å². The van der Waals surface area contributed by atoms with Crippen molar-refractivity contribution in [3.63, 3.8) is 0 Å². The predicted octanol–water partition coefficient (Wildman–Crippen LogP) is 1.59. The maximum atomic E-state index is 12.5. The van der Waals surface area contributed by atoms with Crippen LogP contribution in [0.15, 0.2) is 17.5 Å². The topological polar surface area (TPSA) is 55.9 Å². The van der Waals surface area contributed by atoms with Crippen LogP contribution in [0.2, 0.25) is 0 Å². The first-order chi connectivity index (χ1) is 11.7. The number of likely N-dealkylation sites (tertiary alicyclic amines) is 1. The lowest BCUT2D eigenvalue weighted by atomic mass is 10.1. The molecule has 3 rings (SSSR count). The van der Waals surface area contributed by atoms with Crippen molar-refractivity contribution in [2.75, 3.05) is 45.8 Å². The van der Waals surface area contributed by atoms with E-state index in [1.54, 1.807) is 11.3 Å². The van der Waals surface area contributed by atoms with Gasteiger partial charge in [-0.15, -0.1) is 11.3 Å². The summed E-state index contributed by atoms with van der Waals surface area (Å²) in [4.78, 5) is 31.7. The minimum atomic E-state index is 0.0548. The number of hydrogen-bond donors (Lipinski definition) is 1. The molecule has 2 fully saturated rings. The molecule has 1 aromatic rings. The quantitative estimate of drug-likeness (QED) is 0.897. The smallest absolute Gasteiger partial charge is 0.320 e. The largest absolute Gasteiger partial charge is 0.350 e. The molecule has 0 spiro atoms. The zero-order chi connectivity index (χ0) is 16.8. The minimum absolute atomic E-state index is 0.0548. The first-order valence-corrected chi connectivity index (χ1v) is 9.65. The summed E-state index contributed by atoms with van der Waals surface area (Å²) in [5, 5.41) is 4.97. The zero-order valence-electron chi connectivity index (χ0n) is 14.1. The van der Waals surface area contributed by atoms with Gasteiger partial charge in [-0.05, 0) is 30.7 Å². The fourth-order valence-corrected chi connectivity index (χ4v) is 3.88. The second-order valence-corrected chi connectivity index (χ2v) is 7.48. The van der Waals surface area contributed by atoms with Crippen molar-refractivity contribution in [1.82, 2.24) is 20.0 Å². The van der Waals surface area contributed by atoms with E-state index in [4.69, 9.17) is 0 Å². The molecular weight excluding hydrogens is 324 g/mol. The molecule has 1 aromatic heterocycles. The Morgan fingerprint density at radius 2 is 1.71 bits per heavy atom. The molecule has 6 nitrogen and oxygen atoms in total. The van der Waals surface area contributed by atoms with Crippen LogP contribution < -0.4 is 5.32 Å². The number of hydrogen-bond acceptors (Lipinski definition) is 4. The van der Waals surface area contributed by atoms with Gasteiger partial charge in [0.2, 0.25) is 5.91 Å². The Morgan fingerprint density at radius 3 is 2.38 bits per heavy atom. The third kappa shape index (κ3) is 4.70. The van der Waals surface area contributed by atoms with Gasteiger partial charge in [0.1, 0.15) is 0 Å². The lowest BCUT2D eigenvalue weighted by Crippen LogP contribution is -2.54. The number of rotatable bonds is 4. The number of nitrogens with zero attached hydrogens (tertiary/aromatic N) is 3. The summed E-state index contributed by atoms with van der Waals surface area (Å²) in [5.74, 6) is 0.0548. The number of urea groups is 1. The van der Waals surface area contributed by atoms with Gasteiger partial charge < -0.3 is 15.1 Å². The number of piperazine rings is 1. The lowest BCUT2D eigenvalue weighted by Gasteiger charge is -2.38. The molecule has 0 aliphatic carbocycles. The monoisotopic (exact) mass is 350 g/mol. The SMILES string of the molecule is O=C(CN1CCN(C(=O)N2CCCCC2)CC1)NCc1cccs1. The summed E-state index contributed by atoms with van der Waals surface area (Å²) in [6, 6.07) is 4.19. The van der Waals surface area contributed by atoms with E-state index >= 15 is 0 Å². The first-order valence-electron chi connectivity index (χ1n) is 8.77. The number of piperidine rings is 1. The summed E-state index contributed by atoms with van der Waals surface area (Å²) in [6.07, 6.45) is 3.48. The Kier molecular flexibility index (Phi) is 6.09. The van der Waals surface area contributed by atoms with Crippen molar-refractivity contribution in [1.29, 1.82) is 0 Å². The summed E-state index contributed by atoms with van der Waals surface area (Å²) in [5.41, 5.74) is 0. The van der Waals surface area contributed by atoms with Crippen LogP contribution in [-0.2, 0) is 11.3 Å². The average molecular weight is 350 g/mol. The Balaban J connectivity index is 1.36. The van der Waals surface area contributed by atoms with E-state index in [0.29, 0.717) is 26.2 Å². The van der Waals surface area contributed by atoms with E-state index in [2.05, 4.69) is 10.2 Å². The third-order valence-corrected chi connectivity index (χ3v) is 5.55. The highest BCUT2D eigenvalue weighted by Gasteiger charge is 2.26. The zero-order valence-corrected chi connectivity index (χ0v) is 14.9. The van der Waals surface area contributed by atoms with Gasteiger partial charge in [0.15, 0.2) is 0 Å². The van der Waals surface area contributed by atoms with E-state index in [-0.39, 0.29) is 11.9 Å². The fourth-order valence-electron chi connectivity index (χ4n) is 3.24. The molecule has 3 amide bonds. The van der Waals surface area contributed by atoms with Crippen molar-refractivity contribution in [2.24, 2.45) is 0 Å². The van der Waals surface area contributed by atoms with E-state index in [9.17, 15) is 9.59 Å². The van der Waals surface area contributed by atoms with Crippen LogP contribution >= 0.6 is 11.3 Å². The van der Waals surface area contributed by atoms with Crippen molar-refractivity contribution in [2.45, 2.75) is 25.8 Å². The number of carbonyl (C=O) groups excluding carboxylic acids is 2. The minimum Gasteiger partial charge on any atom is -0.350 e. The molecule has 0 atom stereocenters. The first kappa shape index (κ1) is 17.2. The van der Waals surface area contributed by atoms with Gasteiger partial charge in [-0.2, -0.15) is 0 Å². The molecule has 2 aliphatic heterocycles. The van der Waals surface area contributed by atoms with Crippen molar-refractivity contribution >= 4 is 23.3 Å². The molecule has 0 saturated carbocycles. The van der Waals surface area contributed by atoms with Gasteiger partial charge in [-0.1, -0.05) is 6.07 Å². The van der Waals surface area contributed by atoms with Crippen LogP contribution in [0.25, 0.3) is 0 Å². The Bertz CT molecular complexity index is 535. The highest BCUT2D eigenvalue weighted by molar-refractivity contribution is 7.09. The number of thiophene rings is 1. The van der Waals surface area contributed by atoms with Crippen molar-refractivity contribution in [3.05, 3.63) is 22.4 Å². The molecule has 0 aromatic carbocycles. The molecule has 2 saturated heterocycles. The molecular formula is C17H26N4O2S. The van der Waals surface area contributed by atoms with Crippen LogP contribution in [0.3, 0.4) is 0 Å². The maximum Gasteiger partial charge on any atom is 0.320 e. The average Bonchev–Trinajstić information content (AvgIpc) is 3.14. The Hall–Kier alpha value is -1.60. The van der Waals surface area contributed by atoms with Crippen LogP contribution in [-0.4, -0.2) is 72.5 Å². The molecule has 0 bridgehead atoms. The third-order valence-electron chi connectivity index (χ3n) is 4.68. The number of amides is 3. The van der Waals surface area contributed by atoms with E-state index in [1.807, 2.05) is 27.3 Å². The van der Waals surface area contributed by atoms with Gasteiger partial charge >= 0.3 is 6.03 Å². The van der Waals surface area contributed by atoms with Crippen LogP contribution in [0.4, 0.5) is 4.79 Å². The summed E-state index contributed by atoms with van der Waals surface area (Å²) in [7, 11) is 0. The molecule has 3 heterocycles. The van der Waals surface area contributed by atoms with Gasteiger partial charge in [0, 0.05) is 44.1 Å². The van der Waals surface area contributed by atoms with Crippen LogP contribution in [0.5, 0.6) is 0 Å². The summed E-state index contributed by atoms with van der Waals surface area (Å²) < 4.78 is 0. The maximum absolute atomic E-state index is 12.5. The van der Waals surface area contributed by atoms with Crippen LogP contribution in [0.1, 0.15) is 24.1 Å². The summed E-state index contributed by atoms with van der Waals surface area (Å²) >= 11 is 1.65. The van der Waals surface area contributed by atoms with Gasteiger partial charge in [-0.25, -0.2) is 4.79 Å². The molecule has 2 aliphatic rings. The molecule has 0 radical (unpaired) electrons. The Labute approximate surface area is 147 Å². The molecule has 0 unspecified atom stereocenters. The second kappa shape index (κ2) is 8.48. The normalized spacial score (nSPS) is 19.3. The highest BCUT2D eigenvalue weighted by atomic mass is 32.1.